The highest BCUT2D eigenvalue weighted by atomic mass is 16.6. The van der Waals surface area contributed by atoms with E-state index in [0.29, 0.717) is 32.4 Å². The summed E-state index contributed by atoms with van der Waals surface area (Å²) in [5, 5.41) is 2.88. The van der Waals surface area contributed by atoms with Gasteiger partial charge in [-0.25, -0.2) is 4.79 Å². The van der Waals surface area contributed by atoms with Crippen LogP contribution in [-0.4, -0.2) is 47.9 Å². The zero-order valence-corrected chi connectivity index (χ0v) is 17.3. The van der Waals surface area contributed by atoms with E-state index >= 15 is 0 Å². The van der Waals surface area contributed by atoms with Gasteiger partial charge in [-0.1, -0.05) is 37.3 Å². The first-order valence-corrected chi connectivity index (χ1v) is 10.6. The summed E-state index contributed by atoms with van der Waals surface area (Å²) in [6, 6.07) is 8.32. The summed E-state index contributed by atoms with van der Waals surface area (Å²) in [5.41, 5.74) is 6.44. The highest BCUT2D eigenvalue weighted by Gasteiger charge is 2.36. The Hall–Kier alpha value is -2.41. The maximum absolute atomic E-state index is 12.8. The number of carbonyl (C=O) groups is 3. The van der Waals surface area contributed by atoms with Crippen LogP contribution >= 0.6 is 0 Å². The lowest BCUT2D eigenvalue weighted by Crippen LogP contribution is -2.51. The molecule has 1 aliphatic rings. The number of amides is 2. The van der Waals surface area contributed by atoms with Crippen molar-refractivity contribution in [3.63, 3.8) is 0 Å². The molecule has 7 heteroatoms. The number of nitrogens with one attached hydrogen (secondary N) is 1. The van der Waals surface area contributed by atoms with Gasteiger partial charge in [-0.2, -0.15) is 0 Å². The lowest BCUT2D eigenvalue weighted by molar-refractivity contribution is -0.130. The molecule has 160 valence electrons. The van der Waals surface area contributed by atoms with Gasteiger partial charge in [0.25, 0.3) is 0 Å². The molecule has 1 saturated heterocycles. The van der Waals surface area contributed by atoms with Crippen molar-refractivity contribution in [2.75, 3.05) is 13.1 Å². The van der Waals surface area contributed by atoms with Gasteiger partial charge in [0.05, 0.1) is 6.04 Å². The normalized spacial score (nSPS) is 17.0. The molecule has 29 heavy (non-hydrogen) atoms. The van der Waals surface area contributed by atoms with E-state index in [4.69, 9.17) is 10.5 Å². The highest BCUT2D eigenvalue weighted by molar-refractivity contribution is 5.92. The summed E-state index contributed by atoms with van der Waals surface area (Å²) >= 11 is 0. The number of carbonyl (C=O) groups excluding carboxylic acids is 3. The van der Waals surface area contributed by atoms with Crippen LogP contribution in [0.25, 0.3) is 0 Å². The van der Waals surface area contributed by atoms with E-state index < -0.39 is 18.2 Å². The Kier molecular flexibility index (Phi) is 9.64. The zero-order valence-electron chi connectivity index (χ0n) is 17.3. The standard InChI is InChI=1S/C22H33N3O4/c1-2-9-20(26)18(12-6-7-14-23)24-21(27)19-13-8-15-25(19)22(28)29-16-17-10-4-3-5-11-17/h3-5,10-11,18-19H,2,6-9,12-16,23H2,1H3,(H,24,27)/t18-,19-/m0/s1. The maximum Gasteiger partial charge on any atom is 0.410 e. The fourth-order valence-electron chi connectivity index (χ4n) is 3.56. The van der Waals surface area contributed by atoms with Crippen molar-refractivity contribution in [2.24, 2.45) is 5.73 Å². The van der Waals surface area contributed by atoms with Crippen LogP contribution in [-0.2, 0) is 20.9 Å². The van der Waals surface area contributed by atoms with Crippen LogP contribution in [0.15, 0.2) is 30.3 Å². The Bertz CT molecular complexity index is 665. The minimum atomic E-state index is -0.593. The smallest absolute Gasteiger partial charge is 0.410 e. The fraction of sp³-hybridized carbons (Fsp3) is 0.591. The molecule has 0 radical (unpaired) electrons. The molecule has 1 aliphatic heterocycles. The number of nitrogens with two attached hydrogens (primary N) is 1. The number of rotatable bonds is 11. The van der Waals surface area contributed by atoms with E-state index in [9.17, 15) is 14.4 Å². The van der Waals surface area contributed by atoms with Gasteiger partial charge in [-0.15, -0.1) is 0 Å². The molecule has 1 aromatic carbocycles. The van der Waals surface area contributed by atoms with Crippen molar-refractivity contribution in [3.05, 3.63) is 35.9 Å². The van der Waals surface area contributed by atoms with Gasteiger partial charge in [-0.05, 0) is 50.6 Å². The summed E-state index contributed by atoms with van der Waals surface area (Å²) < 4.78 is 5.39. The van der Waals surface area contributed by atoms with Gasteiger partial charge in [0, 0.05) is 13.0 Å². The maximum atomic E-state index is 12.8. The van der Waals surface area contributed by atoms with E-state index in [-0.39, 0.29) is 18.3 Å². The first kappa shape index (κ1) is 22.9. The summed E-state index contributed by atoms with van der Waals surface area (Å²) in [4.78, 5) is 39.2. The molecule has 0 bridgehead atoms. The van der Waals surface area contributed by atoms with Gasteiger partial charge in [0.1, 0.15) is 12.6 Å². The molecule has 0 unspecified atom stereocenters. The number of nitrogens with zero attached hydrogens (tertiary/aromatic N) is 1. The number of ether oxygens (including phenoxy) is 1. The minimum Gasteiger partial charge on any atom is -0.445 e. The molecule has 0 saturated carbocycles. The Morgan fingerprint density at radius 3 is 2.69 bits per heavy atom. The van der Waals surface area contributed by atoms with E-state index in [1.807, 2.05) is 37.3 Å². The van der Waals surface area contributed by atoms with Crippen molar-refractivity contribution in [1.82, 2.24) is 10.2 Å². The van der Waals surface area contributed by atoms with E-state index in [1.54, 1.807) is 0 Å². The summed E-state index contributed by atoms with van der Waals surface area (Å²) in [6.45, 7) is 3.15. The lowest BCUT2D eigenvalue weighted by Gasteiger charge is -2.26. The number of hydrogen-bond donors (Lipinski definition) is 2. The number of benzene rings is 1. The highest BCUT2D eigenvalue weighted by Crippen LogP contribution is 2.20. The van der Waals surface area contributed by atoms with Crippen LogP contribution in [0.2, 0.25) is 0 Å². The second-order valence-electron chi connectivity index (χ2n) is 7.45. The zero-order chi connectivity index (χ0) is 21.1. The van der Waals surface area contributed by atoms with Crippen molar-refractivity contribution in [3.8, 4) is 0 Å². The van der Waals surface area contributed by atoms with Crippen molar-refractivity contribution < 1.29 is 19.1 Å². The molecule has 0 aliphatic carbocycles. The van der Waals surface area contributed by atoms with Crippen LogP contribution in [0, 0.1) is 0 Å². The summed E-state index contributed by atoms with van der Waals surface area (Å²) in [6.07, 6.45) is 4.16. The molecule has 1 heterocycles. The molecule has 0 aromatic heterocycles. The summed E-state index contributed by atoms with van der Waals surface area (Å²) in [5.74, 6) is -0.240. The van der Waals surface area contributed by atoms with Crippen molar-refractivity contribution in [1.29, 1.82) is 0 Å². The number of likely N-dealkylation sites (tertiary alicyclic amines) is 1. The molecular weight excluding hydrogens is 370 g/mol. The molecule has 2 atom stereocenters. The average molecular weight is 404 g/mol. The largest absolute Gasteiger partial charge is 0.445 e. The predicted octanol–water partition coefficient (Wildman–Crippen LogP) is 2.77. The van der Waals surface area contributed by atoms with E-state index in [2.05, 4.69) is 5.32 Å². The Morgan fingerprint density at radius 2 is 2.00 bits per heavy atom. The van der Waals surface area contributed by atoms with Gasteiger partial charge in [0.2, 0.25) is 5.91 Å². The SMILES string of the molecule is CCCC(=O)[C@H](CCCCN)NC(=O)[C@@H]1CCCN1C(=O)OCc1ccccc1. The molecule has 1 aromatic rings. The third-order valence-electron chi connectivity index (χ3n) is 5.14. The van der Waals surface area contributed by atoms with Gasteiger partial charge < -0.3 is 15.8 Å². The molecule has 3 N–H and O–H groups in total. The van der Waals surface area contributed by atoms with Gasteiger partial charge in [0.15, 0.2) is 5.78 Å². The number of unbranched alkanes of at least 4 members (excludes halogenated alkanes) is 1. The second kappa shape index (κ2) is 12.2. The van der Waals surface area contributed by atoms with Crippen LogP contribution in [0.1, 0.15) is 57.4 Å². The Balaban J connectivity index is 1.93. The summed E-state index contributed by atoms with van der Waals surface area (Å²) in [7, 11) is 0. The Morgan fingerprint density at radius 1 is 1.24 bits per heavy atom. The number of ketones is 1. The topological polar surface area (TPSA) is 102 Å². The monoisotopic (exact) mass is 403 g/mol. The molecule has 1 fully saturated rings. The van der Waals surface area contributed by atoms with Crippen LogP contribution in [0.3, 0.4) is 0 Å². The average Bonchev–Trinajstić information content (AvgIpc) is 3.22. The third kappa shape index (κ3) is 7.16. The third-order valence-corrected chi connectivity index (χ3v) is 5.14. The number of hydrogen-bond acceptors (Lipinski definition) is 5. The van der Waals surface area contributed by atoms with E-state index in [0.717, 1.165) is 31.2 Å². The van der Waals surface area contributed by atoms with Crippen molar-refractivity contribution in [2.45, 2.75) is 70.6 Å². The van der Waals surface area contributed by atoms with Crippen LogP contribution in [0.4, 0.5) is 4.79 Å². The second-order valence-corrected chi connectivity index (χ2v) is 7.45. The first-order chi connectivity index (χ1) is 14.1. The molecule has 7 nitrogen and oxygen atoms in total. The van der Waals surface area contributed by atoms with E-state index in [1.165, 1.54) is 4.90 Å². The number of Topliss-reactive ketones (excluding diaryl/α,β-unsaturated/α-hetero) is 1. The molecular formula is C22H33N3O4. The quantitative estimate of drug-likeness (QED) is 0.553. The minimum absolute atomic E-state index is 0.0362. The van der Waals surface area contributed by atoms with Crippen LogP contribution in [0.5, 0.6) is 0 Å². The molecule has 2 rings (SSSR count). The van der Waals surface area contributed by atoms with Gasteiger partial charge >= 0.3 is 6.09 Å². The molecule has 2 amide bonds. The molecule has 0 spiro atoms. The fourth-order valence-corrected chi connectivity index (χ4v) is 3.56. The Labute approximate surface area is 173 Å². The predicted molar refractivity (Wildman–Crippen MR) is 111 cm³/mol. The first-order valence-electron chi connectivity index (χ1n) is 10.6. The van der Waals surface area contributed by atoms with Gasteiger partial charge in [-0.3, -0.25) is 14.5 Å². The van der Waals surface area contributed by atoms with Crippen LogP contribution < -0.4 is 11.1 Å². The van der Waals surface area contributed by atoms with Crippen molar-refractivity contribution >= 4 is 17.8 Å². The lowest BCUT2D eigenvalue weighted by atomic mass is 10.0.